The van der Waals surface area contributed by atoms with Crippen LogP contribution in [0.3, 0.4) is 0 Å². The molecule has 1 aliphatic rings. The minimum atomic E-state index is -4.26. The molecule has 1 atom stereocenters. The van der Waals surface area contributed by atoms with Crippen molar-refractivity contribution in [3.05, 3.63) is 0 Å². The third kappa shape index (κ3) is 4.52. The summed E-state index contributed by atoms with van der Waals surface area (Å²) in [4.78, 5) is 2.16. The van der Waals surface area contributed by atoms with E-state index in [9.17, 15) is 13.2 Å². The SMILES string of the molecule is CCN1CCCC(C#N)(NCC(F)(F)F)CC1. The first-order valence-corrected chi connectivity index (χ1v) is 5.86. The number of rotatable bonds is 3. The van der Waals surface area contributed by atoms with Gasteiger partial charge in [0.25, 0.3) is 0 Å². The normalized spacial score (nSPS) is 27.5. The summed E-state index contributed by atoms with van der Waals surface area (Å²) < 4.78 is 36.5. The first-order valence-electron chi connectivity index (χ1n) is 5.86. The fraction of sp³-hybridized carbons (Fsp3) is 0.909. The van der Waals surface area contributed by atoms with Crippen molar-refractivity contribution in [3.63, 3.8) is 0 Å². The van der Waals surface area contributed by atoms with Crippen LogP contribution >= 0.6 is 0 Å². The number of hydrogen-bond acceptors (Lipinski definition) is 3. The quantitative estimate of drug-likeness (QED) is 0.830. The predicted molar refractivity (Wildman–Crippen MR) is 58.4 cm³/mol. The number of hydrogen-bond donors (Lipinski definition) is 1. The fourth-order valence-electron chi connectivity index (χ4n) is 2.10. The molecular weight excluding hydrogens is 231 g/mol. The summed E-state index contributed by atoms with van der Waals surface area (Å²) >= 11 is 0. The molecule has 0 aromatic carbocycles. The molecule has 1 fully saturated rings. The number of likely N-dealkylation sites (tertiary alicyclic amines) is 1. The van der Waals surface area contributed by atoms with Crippen molar-refractivity contribution >= 4 is 0 Å². The summed E-state index contributed by atoms with van der Waals surface area (Å²) in [6.45, 7) is 3.33. The Labute approximate surface area is 99.6 Å². The fourth-order valence-corrected chi connectivity index (χ4v) is 2.10. The van der Waals surface area contributed by atoms with E-state index >= 15 is 0 Å². The lowest BCUT2D eigenvalue weighted by molar-refractivity contribution is -0.127. The Bertz CT molecular complexity index is 285. The monoisotopic (exact) mass is 249 g/mol. The third-order valence-corrected chi connectivity index (χ3v) is 3.22. The molecule has 0 aromatic heterocycles. The molecule has 3 nitrogen and oxygen atoms in total. The van der Waals surface area contributed by atoms with E-state index in [2.05, 4.69) is 10.2 Å². The van der Waals surface area contributed by atoms with Gasteiger partial charge in [0.1, 0.15) is 5.54 Å². The molecule has 0 aliphatic carbocycles. The molecule has 0 bridgehead atoms. The van der Waals surface area contributed by atoms with Crippen LogP contribution in [0.4, 0.5) is 13.2 Å². The molecule has 17 heavy (non-hydrogen) atoms. The molecule has 1 aliphatic heterocycles. The molecule has 0 amide bonds. The first-order chi connectivity index (χ1) is 7.91. The van der Waals surface area contributed by atoms with Crippen molar-refractivity contribution in [2.24, 2.45) is 0 Å². The van der Waals surface area contributed by atoms with Gasteiger partial charge in [0.05, 0.1) is 12.6 Å². The van der Waals surface area contributed by atoms with E-state index in [1.165, 1.54) is 0 Å². The lowest BCUT2D eigenvalue weighted by atomic mass is 9.92. The second-order valence-corrected chi connectivity index (χ2v) is 4.45. The first kappa shape index (κ1) is 14.3. The van der Waals surface area contributed by atoms with Crippen LogP contribution in [0.1, 0.15) is 26.2 Å². The number of nitrogens with zero attached hydrogens (tertiary/aromatic N) is 2. The summed E-state index contributed by atoms with van der Waals surface area (Å²) in [5.41, 5.74) is -1.01. The summed E-state index contributed by atoms with van der Waals surface area (Å²) in [6.07, 6.45) is -2.57. The zero-order valence-corrected chi connectivity index (χ0v) is 9.98. The maximum absolute atomic E-state index is 12.2. The van der Waals surface area contributed by atoms with Gasteiger partial charge in [-0.05, 0) is 32.4 Å². The van der Waals surface area contributed by atoms with Crippen molar-refractivity contribution in [2.75, 3.05) is 26.2 Å². The number of nitrogens with one attached hydrogen (secondary N) is 1. The molecule has 0 saturated carbocycles. The molecule has 0 radical (unpaired) electrons. The van der Waals surface area contributed by atoms with Gasteiger partial charge in [-0.2, -0.15) is 18.4 Å². The number of nitriles is 1. The Balaban J connectivity index is 2.60. The van der Waals surface area contributed by atoms with Crippen molar-refractivity contribution in [1.82, 2.24) is 10.2 Å². The lowest BCUT2D eigenvalue weighted by Crippen LogP contribution is -2.48. The largest absolute Gasteiger partial charge is 0.401 e. The molecule has 1 unspecified atom stereocenters. The minimum absolute atomic E-state index is 0.452. The highest BCUT2D eigenvalue weighted by atomic mass is 19.4. The number of halogens is 3. The van der Waals surface area contributed by atoms with Gasteiger partial charge >= 0.3 is 6.18 Å². The highest BCUT2D eigenvalue weighted by Gasteiger charge is 2.36. The van der Waals surface area contributed by atoms with Crippen LogP contribution in [0.2, 0.25) is 0 Å². The predicted octanol–water partition coefficient (Wildman–Crippen LogP) is 1.91. The molecule has 0 spiro atoms. The average molecular weight is 249 g/mol. The highest BCUT2D eigenvalue weighted by molar-refractivity contribution is 5.08. The molecule has 1 rings (SSSR count). The summed E-state index contributed by atoms with van der Waals surface area (Å²) in [6, 6.07) is 2.04. The Morgan fingerprint density at radius 2 is 2.06 bits per heavy atom. The molecule has 6 heteroatoms. The van der Waals surface area contributed by atoms with Gasteiger partial charge < -0.3 is 4.90 Å². The zero-order valence-electron chi connectivity index (χ0n) is 9.98. The van der Waals surface area contributed by atoms with Gasteiger partial charge in [-0.15, -0.1) is 0 Å². The van der Waals surface area contributed by atoms with Crippen LogP contribution in [0.5, 0.6) is 0 Å². The standard InChI is InChI=1S/C11H18F3N3/c1-2-17-6-3-4-10(8-15,5-7-17)16-9-11(12,13)14/h16H,2-7,9H2,1H3. The van der Waals surface area contributed by atoms with Crippen molar-refractivity contribution < 1.29 is 13.2 Å². The van der Waals surface area contributed by atoms with Crippen LogP contribution in [-0.4, -0.2) is 42.8 Å². The van der Waals surface area contributed by atoms with E-state index in [-0.39, 0.29) is 0 Å². The molecular formula is C11H18F3N3. The Morgan fingerprint density at radius 3 is 2.59 bits per heavy atom. The molecule has 1 heterocycles. The van der Waals surface area contributed by atoms with Crippen LogP contribution in [0.15, 0.2) is 0 Å². The topological polar surface area (TPSA) is 39.1 Å². The lowest BCUT2D eigenvalue weighted by Gasteiger charge is -2.27. The van der Waals surface area contributed by atoms with Crippen molar-refractivity contribution in [2.45, 2.75) is 37.9 Å². The maximum Gasteiger partial charge on any atom is 0.401 e. The van der Waals surface area contributed by atoms with E-state index in [0.717, 1.165) is 19.5 Å². The maximum atomic E-state index is 12.2. The van der Waals surface area contributed by atoms with E-state index in [1.807, 2.05) is 13.0 Å². The second kappa shape index (κ2) is 5.69. The van der Waals surface area contributed by atoms with Gasteiger partial charge in [0.2, 0.25) is 0 Å². The van der Waals surface area contributed by atoms with Crippen LogP contribution in [0, 0.1) is 11.3 Å². The number of alkyl halides is 3. The molecule has 1 saturated heterocycles. The van der Waals surface area contributed by atoms with Crippen LogP contribution < -0.4 is 5.32 Å². The second-order valence-electron chi connectivity index (χ2n) is 4.45. The smallest absolute Gasteiger partial charge is 0.304 e. The van der Waals surface area contributed by atoms with Gasteiger partial charge in [0.15, 0.2) is 0 Å². The van der Waals surface area contributed by atoms with E-state index in [4.69, 9.17) is 5.26 Å². The summed E-state index contributed by atoms with van der Waals surface area (Å²) in [5.74, 6) is 0. The Hall–Kier alpha value is -0.800. The average Bonchev–Trinajstić information content (AvgIpc) is 2.48. The van der Waals surface area contributed by atoms with Crippen molar-refractivity contribution in [3.8, 4) is 6.07 Å². The Kier molecular flexibility index (Phi) is 4.78. The van der Waals surface area contributed by atoms with Gasteiger partial charge in [-0.3, -0.25) is 5.32 Å². The van der Waals surface area contributed by atoms with Gasteiger partial charge in [-0.25, -0.2) is 0 Å². The molecule has 1 N–H and O–H groups in total. The van der Waals surface area contributed by atoms with E-state index in [1.54, 1.807) is 0 Å². The summed E-state index contributed by atoms with van der Waals surface area (Å²) in [5, 5.41) is 11.5. The summed E-state index contributed by atoms with van der Waals surface area (Å²) in [7, 11) is 0. The highest BCUT2D eigenvalue weighted by Crippen LogP contribution is 2.23. The molecule has 98 valence electrons. The zero-order chi connectivity index (χ0) is 12.9. The van der Waals surface area contributed by atoms with Gasteiger partial charge in [0, 0.05) is 6.54 Å². The van der Waals surface area contributed by atoms with Crippen LogP contribution in [-0.2, 0) is 0 Å². The Morgan fingerprint density at radius 1 is 1.35 bits per heavy atom. The third-order valence-electron chi connectivity index (χ3n) is 3.22. The minimum Gasteiger partial charge on any atom is -0.304 e. The molecule has 0 aromatic rings. The van der Waals surface area contributed by atoms with Gasteiger partial charge in [-0.1, -0.05) is 6.92 Å². The van der Waals surface area contributed by atoms with Crippen LogP contribution in [0.25, 0.3) is 0 Å². The van der Waals surface area contributed by atoms with Crippen molar-refractivity contribution in [1.29, 1.82) is 5.26 Å². The van der Waals surface area contributed by atoms with E-state index in [0.29, 0.717) is 19.4 Å². The van der Waals surface area contributed by atoms with E-state index < -0.39 is 18.3 Å².